The molecule has 1 aliphatic heterocycles. The number of rotatable bonds is 2. The normalized spacial score (nSPS) is 22.8. The first kappa shape index (κ1) is 11.6. The van der Waals surface area contributed by atoms with Gasteiger partial charge in [-0.1, -0.05) is 18.6 Å². The molecule has 1 aliphatic carbocycles. The van der Waals surface area contributed by atoms with Crippen LogP contribution in [-0.2, 0) is 16.6 Å². The van der Waals surface area contributed by atoms with Gasteiger partial charge in [-0.05, 0) is 43.9 Å². The molecule has 0 amide bonds. The molecule has 3 heteroatoms. The summed E-state index contributed by atoms with van der Waals surface area (Å²) in [5.41, 5.74) is 1.28. The second-order valence-corrected chi connectivity index (χ2v) is 6.10. The quantitative estimate of drug-likeness (QED) is 0.872. The minimum atomic E-state index is -0.688. The van der Waals surface area contributed by atoms with Crippen LogP contribution in [0, 0.1) is 0 Å². The zero-order chi connectivity index (χ0) is 13.0. The zero-order valence-corrected chi connectivity index (χ0v) is 10.8. The molecule has 0 spiro atoms. The van der Waals surface area contributed by atoms with Crippen molar-refractivity contribution in [1.82, 2.24) is 0 Å². The molecule has 0 radical (unpaired) electrons. The van der Waals surface area contributed by atoms with Gasteiger partial charge < -0.3 is 9.84 Å². The van der Waals surface area contributed by atoms with Crippen molar-refractivity contribution in [3.8, 4) is 5.75 Å². The molecule has 0 saturated heterocycles. The first-order valence-corrected chi connectivity index (χ1v) is 6.49. The Morgan fingerprint density at radius 3 is 2.61 bits per heavy atom. The van der Waals surface area contributed by atoms with Gasteiger partial charge in [-0.15, -0.1) is 0 Å². The Hall–Kier alpha value is -1.51. The molecular weight excluding hydrogens is 228 g/mol. The van der Waals surface area contributed by atoms with Crippen LogP contribution in [0.2, 0.25) is 0 Å². The summed E-state index contributed by atoms with van der Waals surface area (Å²) in [4.78, 5) is 11.5. The lowest BCUT2D eigenvalue weighted by molar-refractivity contribution is -0.147. The molecule has 2 aliphatic rings. The lowest BCUT2D eigenvalue weighted by Crippen LogP contribution is -2.42. The molecule has 96 valence electrons. The lowest BCUT2D eigenvalue weighted by atomic mass is 9.64. The molecule has 1 aromatic carbocycles. The van der Waals surface area contributed by atoms with Gasteiger partial charge in [-0.3, -0.25) is 4.79 Å². The fourth-order valence-electron chi connectivity index (χ4n) is 3.06. The van der Waals surface area contributed by atoms with Crippen LogP contribution in [-0.4, -0.2) is 16.7 Å². The number of aliphatic carboxylic acids is 1. The Labute approximate surface area is 107 Å². The van der Waals surface area contributed by atoms with Crippen molar-refractivity contribution in [1.29, 1.82) is 0 Å². The van der Waals surface area contributed by atoms with Crippen molar-refractivity contribution in [2.24, 2.45) is 0 Å². The topological polar surface area (TPSA) is 46.5 Å². The molecule has 0 bridgehead atoms. The van der Waals surface area contributed by atoms with E-state index < -0.39 is 11.4 Å². The maximum atomic E-state index is 11.5. The molecule has 1 fully saturated rings. The van der Waals surface area contributed by atoms with Crippen molar-refractivity contribution in [2.75, 3.05) is 0 Å². The summed E-state index contributed by atoms with van der Waals surface area (Å²) >= 11 is 0. The van der Waals surface area contributed by atoms with E-state index in [-0.39, 0.29) is 5.60 Å². The van der Waals surface area contributed by atoms with E-state index in [2.05, 4.69) is 13.8 Å². The third-order valence-electron chi connectivity index (χ3n) is 4.23. The van der Waals surface area contributed by atoms with Crippen molar-refractivity contribution in [2.45, 2.75) is 50.5 Å². The van der Waals surface area contributed by atoms with Crippen LogP contribution in [0.25, 0.3) is 0 Å². The van der Waals surface area contributed by atoms with Crippen LogP contribution >= 0.6 is 0 Å². The van der Waals surface area contributed by atoms with Gasteiger partial charge in [0.15, 0.2) is 0 Å². The van der Waals surface area contributed by atoms with Crippen LogP contribution in [0.4, 0.5) is 0 Å². The van der Waals surface area contributed by atoms with Gasteiger partial charge in [0, 0.05) is 6.42 Å². The largest absolute Gasteiger partial charge is 0.487 e. The van der Waals surface area contributed by atoms with Crippen molar-refractivity contribution in [3.63, 3.8) is 0 Å². The first-order chi connectivity index (χ1) is 8.43. The van der Waals surface area contributed by atoms with Gasteiger partial charge in [-0.2, -0.15) is 0 Å². The molecule has 1 saturated carbocycles. The summed E-state index contributed by atoms with van der Waals surface area (Å²) in [7, 11) is 0. The highest BCUT2D eigenvalue weighted by atomic mass is 16.5. The third-order valence-corrected chi connectivity index (χ3v) is 4.23. The summed E-state index contributed by atoms with van der Waals surface area (Å²) < 4.78 is 5.83. The summed E-state index contributed by atoms with van der Waals surface area (Å²) in [6.07, 6.45) is 3.37. The minimum Gasteiger partial charge on any atom is -0.487 e. The van der Waals surface area contributed by atoms with Gasteiger partial charge >= 0.3 is 5.97 Å². The van der Waals surface area contributed by atoms with Gasteiger partial charge in [0.2, 0.25) is 0 Å². The van der Waals surface area contributed by atoms with Gasteiger partial charge in [0.1, 0.15) is 11.4 Å². The maximum absolute atomic E-state index is 11.5. The smallest absolute Gasteiger partial charge is 0.314 e. The van der Waals surface area contributed by atoms with Crippen LogP contribution in [0.1, 0.15) is 44.2 Å². The van der Waals surface area contributed by atoms with Crippen LogP contribution < -0.4 is 4.74 Å². The maximum Gasteiger partial charge on any atom is 0.314 e. The van der Waals surface area contributed by atoms with Crippen molar-refractivity contribution >= 4 is 5.97 Å². The predicted molar refractivity (Wildman–Crippen MR) is 68.0 cm³/mol. The van der Waals surface area contributed by atoms with E-state index in [4.69, 9.17) is 4.74 Å². The Balaban J connectivity index is 2.00. The molecule has 1 N–H and O–H groups in total. The number of benzene rings is 1. The zero-order valence-electron chi connectivity index (χ0n) is 10.8. The van der Waals surface area contributed by atoms with Crippen LogP contribution in [0.15, 0.2) is 18.2 Å². The number of hydrogen-bond donors (Lipinski definition) is 1. The second kappa shape index (κ2) is 3.50. The average molecular weight is 246 g/mol. The molecule has 18 heavy (non-hydrogen) atoms. The summed E-state index contributed by atoms with van der Waals surface area (Å²) in [5.74, 6) is 0.218. The molecule has 3 rings (SSSR count). The van der Waals surface area contributed by atoms with E-state index in [0.29, 0.717) is 0 Å². The van der Waals surface area contributed by atoms with Crippen LogP contribution in [0.5, 0.6) is 5.75 Å². The van der Waals surface area contributed by atoms with Gasteiger partial charge in [-0.25, -0.2) is 0 Å². The fraction of sp³-hybridized carbons (Fsp3) is 0.533. The van der Waals surface area contributed by atoms with Crippen molar-refractivity contribution < 1.29 is 14.6 Å². The molecule has 1 aromatic rings. The monoisotopic (exact) mass is 246 g/mol. The van der Waals surface area contributed by atoms with E-state index >= 15 is 0 Å². The Morgan fingerprint density at radius 1 is 1.33 bits per heavy atom. The first-order valence-electron chi connectivity index (χ1n) is 6.49. The average Bonchev–Trinajstić information content (AvgIpc) is 2.48. The number of ether oxygens (including phenoxy) is 1. The standard InChI is InChI=1S/C15H18O3/c1-14(2)9-10-8-11(4-5-12(10)18-14)15(13(16)17)6-3-7-15/h4-5,8H,3,6-7,9H2,1-2H3,(H,16,17). The van der Waals surface area contributed by atoms with E-state index in [1.807, 2.05) is 18.2 Å². The van der Waals surface area contributed by atoms with E-state index in [0.717, 1.165) is 42.6 Å². The minimum absolute atomic E-state index is 0.170. The second-order valence-electron chi connectivity index (χ2n) is 6.10. The number of carbonyl (C=O) groups is 1. The van der Waals surface area contributed by atoms with E-state index in [1.165, 1.54) is 0 Å². The third kappa shape index (κ3) is 1.53. The predicted octanol–water partition coefficient (Wildman–Crippen LogP) is 2.91. The number of carboxylic acid groups (broad SMARTS) is 1. The Kier molecular flexibility index (Phi) is 2.25. The van der Waals surface area contributed by atoms with Gasteiger partial charge in [0.25, 0.3) is 0 Å². The lowest BCUT2D eigenvalue weighted by Gasteiger charge is -2.38. The number of fused-ring (bicyclic) bond motifs is 1. The van der Waals surface area contributed by atoms with Crippen LogP contribution in [0.3, 0.4) is 0 Å². The highest BCUT2D eigenvalue weighted by Crippen LogP contribution is 2.46. The number of carboxylic acids is 1. The highest BCUT2D eigenvalue weighted by Gasteiger charge is 2.46. The Morgan fingerprint density at radius 2 is 2.06 bits per heavy atom. The van der Waals surface area contributed by atoms with Gasteiger partial charge in [0.05, 0.1) is 5.41 Å². The highest BCUT2D eigenvalue weighted by molar-refractivity contribution is 5.82. The summed E-state index contributed by atoms with van der Waals surface area (Å²) in [5, 5.41) is 9.46. The van der Waals surface area contributed by atoms with E-state index in [9.17, 15) is 9.90 Å². The molecule has 0 unspecified atom stereocenters. The van der Waals surface area contributed by atoms with E-state index in [1.54, 1.807) is 0 Å². The fourth-order valence-corrected chi connectivity index (χ4v) is 3.06. The van der Waals surface area contributed by atoms with Crippen molar-refractivity contribution in [3.05, 3.63) is 29.3 Å². The summed E-state index contributed by atoms with van der Waals surface area (Å²) in [6, 6.07) is 5.90. The molecular formula is C15H18O3. The molecule has 0 atom stereocenters. The summed E-state index contributed by atoms with van der Waals surface area (Å²) in [6.45, 7) is 4.12. The SMILES string of the molecule is CC1(C)Cc2cc(C3(C(=O)O)CCC3)ccc2O1. The number of hydrogen-bond acceptors (Lipinski definition) is 2. The Bertz CT molecular complexity index is 512. The molecule has 0 aromatic heterocycles. The molecule has 3 nitrogen and oxygen atoms in total. The molecule has 1 heterocycles.